The highest BCUT2D eigenvalue weighted by molar-refractivity contribution is 6.83. The molecule has 0 N–H and O–H groups in total. The van der Waals surface area contributed by atoms with Gasteiger partial charge in [0.2, 0.25) is 9.04 Å². The lowest BCUT2D eigenvalue weighted by atomic mass is 9.86. The Bertz CT molecular complexity index is 590. The first-order valence-electron chi connectivity index (χ1n) is 7.99. The van der Waals surface area contributed by atoms with Gasteiger partial charge in [-0.2, -0.15) is 0 Å². The van der Waals surface area contributed by atoms with Crippen LogP contribution in [-0.4, -0.2) is 29.2 Å². The molecular weight excluding hydrogens is 318 g/mol. The van der Waals surface area contributed by atoms with Crippen molar-refractivity contribution < 1.29 is 9.16 Å². The maximum atomic E-state index is 6.26. The van der Waals surface area contributed by atoms with Crippen molar-refractivity contribution in [1.82, 2.24) is 4.98 Å². The molecule has 1 rings (SSSR count). The number of hydrogen-bond donors (Lipinski definition) is 0. The van der Waals surface area contributed by atoms with Gasteiger partial charge in [0.25, 0.3) is 0 Å². The van der Waals surface area contributed by atoms with E-state index in [9.17, 15) is 0 Å². The van der Waals surface area contributed by atoms with Crippen molar-refractivity contribution in [2.24, 2.45) is 5.41 Å². The molecule has 1 radical (unpaired) electrons. The zero-order chi connectivity index (χ0) is 17.8. The molecule has 0 aliphatic carbocycles. The van der Waals surface area contributed by atoms with E-state index in [0.29, 0.717) is 0 Å². The van der Waals surface area contributed by atoms with Crippen LogP contribution in [0.4, 0.5) is 0 Å². The lowest BCUT2D eigenvalue weighted by Gasteiger charge is -2.32. The Kier molecular flexibility index (Phi) is 6.63. The van der Waals surface area contributed by atoms with E-state index in [-0.39, 0.29) is 11.5 Å². The molecule has 0 aromatic carbocycles. The molecule has 1 heterocycles. The van der Waals surface area contributed by atoms with Gasteiger partial charge in [-0.3, -0.25) is 0 Å². The van der Waals surface area contributed by atoms with Gasteiger partial charge >= 0.3 is 0 Å². The van der Waals surface area contributed by atoms with Crippen molar-refractivity contribution in [2.45, 2.75) is 59.6 Å². The molecule has 127 valence electrons. The van der Waals surface area contributed by atoms with E-state index in [1.807, 2.05) is 12.1 Å². The van der Waals surface area contributed by atoms with Gasteiger partial charge in [0.1, 0.15) is 25.2 Å². The molecule has 1 aromatic rings. The maximum Gasteiger partial charge on any atom is 0.205 e. The number of ether oxygens (including phenoxy) is 1. The Morgan fingerprint density at radius 3 is 2.22 bits per heavy atom. The van der Waals surface area contributed by atoms with Gasteiger partial charge in [0.05, 0.1) is 13.2 Å². The molecule has 0 fully saturated rings. The molecule has 5 heteroatoms. The zero-order valence-electron chi connectivity index (χ0n) is 16.0. The van der Waals surface area contributed by atoms with Gasteiger partial charge in [-0.15, -0.1) is 5.54 Å². The summed E-state index contributed by atoms with van der Waals surface area (Å²) in [6.45, 7) is 17.5. The van der Waals surface area contributed by atoms with Gasteiger partial charge in [-0.05, 0) is 30.6 Å². The lowest BCUT2D eigenvalue weighted by molar-refractivity contribution is 0.0799. The van der Waals surface area contributed by atoms with Crippen LogP contribution in [0.3, 0.4) is 0 Å². The van der Waals surface area contributed by atoms with Crippen molar-refractivity contribution in [1.29, 1.82) is 0 Å². The molecule has 0 aliphatic rings. The molecule has 0 bridgehead atoms. The highest BCUT2D eigenvalue weighted by Gasteiger charge is 2.32. The average molecular weight is 349 g/mol. The van der Waals surface area contributed by atoms with Gasteiger partial charge in [0, 0.05) is 0 Å². The summed E-state index contributed by atoms with van der Waals surface area (Å²) in [6.07, 6.45) is -0.102. The summed E-state index contributed by atoms with van der Waals surface area (Å²) < 4.78 is 11.8. The fourth-order valence-corrected chi connectivity index (χ4v) is 3.46. The standard InChI is InChI=1S/C18H30NO2Si2/c1-18(2,3)17(21-22(5)6)16-15(20-4)11-10-14(19-16)12-13-23(7,8)9/h10-11,17H,1-9H3. The third kappa shape index (κ3) is 6.50. The van der Waals surface area contributed by atoms with E-state index in [0.717, 1.165) is 17.1 Å². The first-order chi connectivity index (χ1) is 10.4. The van der Waals surface area contributed by atoms with Crippen LogP contribution in [-0.2, 0) is 4.43 Å². The van der Waals surface area contributed by atoms with Crippen LogP contribution in [0.1, 0.15) is 38.3 Å². The molecule has 1 aromatic heterocycles. The van der Waals surface area contributed by atoms with Crippen LogP contribution in [0.15, 0.2) is 12.1 Å². The summed E-state index contributed by atoms with van der Waals surface area (Å²) >= 11 is 0. The summed E-state index contributed by atoms with van der Waals surface area (Å²) in [5.41, 5.74) is 4.96. The molecule has 1 unspecified atom stereocenters. The summed E-state index contributed by atoms with van der Waals surface area (Å²) in [6, 6.07) is 3.88. The number of pyridine rings is 1. The second kappa shape index (κ2) is 7.65. The predicted molar refractivity (Wildman–Crippen MR) is 102 cm³/mol. The highest BCUT2D eigenvalue weighted by atomic mass is 28.3. The molecule has 0 aliphatic heterocycles. The van der Waals surface area contributed by atoms with Gasteiger partial charge < -0.3 is 9.16 Å². The second-order valence-corrected chi connectivity index (χ2v) is 14.9. The minimum absolute atomic E-state index is 0.0625. The molecule has 0 saturated heterocycles. The largest absolute Gasteiger partial charge is 0.495 e. The van der Waals surface area contributed by atoms with E-state index < -0.39 is 17.1 Å². The van der Waals surface area contributed by atoms with Crippen LogP contribution >= 0.6 is 0 Å². The van der Waals surface area contributed by atoms with Crippen molar-refractivity contribution >= 4 is 17.1 Å². The third-order valence-corrected chi connectivity index (χ3v) is 4.64. The molecule has 0 spiro atoms. The fraction of sp³-hybridized carbons (Fsp3) is 0.611. The smallest absolute Gasteiger partial charge is 0.205 e. The monoisotopic (exact) mass is 348 g/mol. The van der Waals surface area contributed by atoms with E-state index in [2.05, 4.69) is 65.0 Å². The highest BCUT2D eigenvalue weighted by Crippen LogP contribution is 2.39. The van der Waals surface area contributed by atoms with Crippen molar-refractivity contribution in [2.75, 3.05) is 7.11 Å². The summed E-state index contributed by atoms with van der Waals surface area (Å²) in [5.74, 6) is 4.00. The van der Waals surface area contributed by atoms with E-state index >= 15 is 0 Å². The van der Waals surface area contributed by atoms with E-state index in [1.165, 1.54) is 0 Å². The Morgan fingerprint density at radius 2 is 1.78 bits per heavy atom. The van der Waals surface area contributed by atoms with Gasteiger partial charge in [0.15, 0.2) is 0 Å². The Labute approximate surface area is 144 Å². The predicted octanol–water partition coefficient (Wildman–Crippen LogP) is 4.67. The Hall–Kier alpha value is -1.10. The van der Waals surface area contributed by atoms with Crippen LogP contribution in [0.2, 0.25) is 32.7 Å². The SMILES string of the molecule is COc1ccc(C#C[Si](C)(C)C)nc1C(O[Si](C)C)C(C)(C)C. The molecule has 1 atom stereocenters. The van der Waals surface area contributed by atoms with Crippen molar-refractivity contribution in [3.8, 4) is 17.2 Å². The normalized spacial score (nSPS) is 13.5. The summed E-state index contributed by atoms with van der Waals surface area (Å²) in [7, 11) is -0.610. The topological polar surface area (TPSA) is 31.4 Å². The Morgan fingerprint density at radius 1 is 1.17 bits per heavy atom. The van der Waals surface area contributed by atoms with Crippen LogP contribution < -0.4 is 4.74 Å². The van der Waals surface area contributed by atoms with Crippen molar-refractivity contribution in [3.05, 3.63) is 23.5 Å². The minimum Gasteiger partial charge on any atom is -0.495 e. The van der Waals surface area contributed by atoms with Crippen LogP contribution in [0.25, 0.3) is 0 Å². The lowest BCUT2D eigenvalue weighted by Crippen LogP contribution is -2.27. The zero-order valence-corrected chi connectivity index (χ0v) is 18.0. The number of nitrogens with zero attached hydrogens (tertiary/aromatic N) is 1. The maximum absolute atomic E-state index is 6.26. The molecular formula is C18H30NO2Si2. The van der Waals surface area contributed by atoms with Crippen LogP contribution in [0, 0.1) is 16.9 Å². The van der Waals surface area contributed by atoms with Gasteiger partial charge in [-0.1, -0.05) is 46.3 Å². The summed E-state index contributed by atoms with van der Waals surface area (Å²) in [4.78, 5) is 4.78. The number of aromatic nitrogens is 1. The fourth-order valence-electron chi connectivity index (χ4n) is 2.02. The molecule has 0 saturated carbocycles. The number of rotatable bonds is 4. The third-order valence-electron chi connectivity index (χ3n) is 3.06. The minimum atomic E-state index is -1.43. The molecule has 3 nitrogen and oxygen atoms in total. The number of hydrogen-bond acceptors (Lipinski definition) is 3. The van der Waals surface area contributed by atoms with E-state index in [4.69, 9.17) is 14.1 Å². The Balaban J connectivity index is 3.37. The van der Waals surface area contributed by atoms with Gasteiger partial charge in [-0.25, -0.2) is 4.98 Å². The first-order valence-corrected chi connectivity index (χ1v) is 13.9. The second-order valence-electron chi connectivity index (χ2n) is 8.06. The quantitative estimate of drug-likeness (QED) is 0.585. The average Bonchev–Trinajstić information content (AvgIpc) is 2.40. The molecule has 23 heavy (non-hydrogen) atoms. The number of methoxy groups -OCH3 is 1. The van der Waals surface area contributed by atoms with Crippen molar-refractivity contribution in [3.63, 3.8) is 0 Å². The van der Waals surface area contributed by atoms with E-state index in [1.54, 1.807) is 7.11 Å². The van der Waals surface area contributed by atoms with Crippen LogP contribution in [0.5, 0.6) is 5.75 Å². The molecule has 0 amide bonds. The first kappa shape index (κ1) is 19.9. The summed E-state index contributed by atoms with van der Waals surface area (Å²) in [5, 5.41) is 0.